The van der Waals surface area contributed by atoms with Crippen molar-refractivity contribution >= 4 is 22.6 Å². The van der Waals surface area contributed by atoms with Crippen molar-refractivity contribution in [3.8, 4) is 0 Å². The van der Waals surface area contributed by atoms with Gasteiger partial charge in [0.05, 0.1) is 17.1 Å². The van der Waals surface area contributed by atoms with Crippen LogP contribution < -0.4 is 0 Å². The third-order valence-electron chi connectivity index (χ3n) is 3.77. The van der Waals surface area contributed by atoms with Gasteiger partial charge in [-0.3, -0.25) is 4.98 Å². The maximum absolute atomic E-state index is 6.26. The van der Waals surface area contributed by atoms with Gasteiger partial charge in [-0.2, -0.15) is 0 Å². The molecule has 0 amide bonds. The number of hydrogen-bond donors (Lipinski definition) is 0. The number of alkyl halides is 1. The van der Waals surface area contributed by atoms with Crippen LogP contribution in [0, 0.1) is 0 Å². The number of aromatic nitrogens is 3. The molecule has 102 valence electrons. The molecule has 5 heteroatoms. The van der Waals surface area contributed by atoms with Crippen LogP contribution in [0.5, 0.6) is 0 Å². The summed E-state index contributed by atoms with van der Waals surface area (Å²) in [7, 11) is 0. The third kappa shape index (κ3) is 2.60. The number of imidazole rings is 1. The van der Waals surface area contributed by atoms with Crippen LogP contribution in [0.2, 0.25) is 0 Å². The number of halogens is 1. The molecule has 1 fully saturated rings. The molecular weight excluding hydrogens is 260 g/mol. The molecule has 0 radical (unpaired) electrons. The summed E-state index contributed by atoms with van der Waals surface area (Å²) >= 11 is 6.26. The summed E-state index contributed by atoms with van der Waals surface area (Å²) in [6.07, 6.45) is 6.28. The highest BCUT2D eigenvalue weighted by atomic mass is 35.5. The molecule has 1 aliphatic rings. The zero-order valence-corrected chi connectivity index (χ0v) is 12.0. The van der Waals surface area contributed by atoms with Crippen LogP contribution in [-0.4, -0.2) is 39.1 Å². The zero-order valence-electron chi connectivity index (χ0n) is 11.2. The van der Waals surface area contributed by atoms with Crippen molar-refractivity contribution in [3.05, 3.63) is 24.3 Å². The summed E-state index contributed by atoms with van der Waals surface area (Å²) in [5, 5.41) is -0.0778. The predicted octanol–water partition coefficient (Wildman–Crippen LogP) is 2.83. The molecule has 4 nitrogen and oxygen atoms in total. The van der Waals surface area contributed by atoms with Crippen LogP contribution >= 0.6 is 11.6 Å². The fraction of sp³-hybridized carbons (Fsp3) is 0.571. The van der Waals surface area contributed by atoms with Gasteiger partial charge in [0.15, 0.2) is 0 Å². The Morgan fingerprint density at radius 1 is 1.32 bits per heavy atom. The highest BCUT2D eigenvalue weighted by molar-refractivity contribution is 6.20. The van der Waals surface area contributed by atoms with Gasteiger partial charge in [-0.15, -0.1) is 11.6 Å². The van der Waals surface area contributed by atoms with E-state index in [1.807, 2.05) is 25.4 Å². The van der Waals surface area contributed by atoms with E-state index in [1.54, 1.807) is 0 Å². The van der Waals surface area contributed by atoms with Gasteiger partial charge < -0.3 is 9.47 Å². The molecule has 1 unspecified atom stereocenters. The second-order valence-electron chi connectivity index (χ2n) is 5.15. The van der Waals surface area contributed by atoms with Crippen molar-refractivity contribution in [1.29, 1.82) is 0 Å². The molecule has 0 bridgehead atoms. The normalized spacial score (nSPS) is 18.2. The lowest BCUT2D eigenvalue weighted by Gasteiger charge is -2.17. The van der Waals surface area contributed by atoms with Crippen LogP contribution in [0.1, 0.15) is 31.0 Å². The van der Waals surface area contributed by atoms with Crippen molar-refractivity contribution in [2.24, 2.45) is 0 Å². The summed E-state index contributed by atoms with van der Waals surface area (Å²) in [6, 6.07) is 2.02. The van der Waals surface area contributed by atoms with Crippen molar-refractivity contribution in [2.75, 3.05) is 19.6 Å². The number of nitrogens with zero attached hydrogens (tertiary/aromatic N) is 4. The highest BCUT2D eigenvalue weighted by Crippen LogP contribution is 2.24. The molecule has 1 atom stereocenters. The first kappa shape index (κ1) is 12.9. The number of fused-ring (bicyclic) bond motifs is 1. The molecule has 1 saturated heterocycles. The predicted molar refractivity (Wildman–Crippen MR) is 77.5 cm³/mol. The SMILES string of the molecule is CC(Cl)c1nc2cnccc2n1CCN1CCCC1. The van der Waals surface area contributed by atoms with E-state index in [4.69, 9.17) is 11.6 Å². The van der Waals surface area contributed by atoms with Gasteiger partial charge in [0.25, 0.3) is 0 Å². The summed E-state index contributed by atoms with van der Waals surface area (Å²) < 4.78 is 2.24. The van der Waals surface area contributed by atoms with Crippen molar-refractivity contribution in [1.82, 2.24) is 19.4 Å². The van der Waals surface area contributed by atoms with E-state index in [1.165, 1.54) is 25.9 Å². The van der Waals surface area contributed by atoms with Gasteiger partial charge in [-0.05, 0) is 38.9 Å². The lowest BCUT2D eigenvalue weighted by atomic mass is 10.4. The van der Waals surface area contributed by atoms with Crippen LogP contribution in [-0.2, 0) is 6.54 Å². The average molecular weight is 279 g/mol. The molecule has 3 heterocycles. The first-order valence-corrected chi connectivity index (χ1v) is 7.36. The number of likely N-dealkylation sites (tertiary alicyclic amines) is 1. The van der Waals surface area contributed by atoms with Gasteiger partial charge in [-0.25, -0.2) is 4.98 Å². The summed E-state index contributed by atoms with van der Waals surface area (Å²) in [4.78, 5) is 11.3. The largest absolute Gasteiger partial charge is 0.325 e. The second-order valence-corrected chi connectivity index (χ2v) is 5.81. The minimum absolute atomic E-state index is 0.0778. The van der Waals surface area contributed by atoms with Gasteiger partial charge in [-0.1, -0.05) is 0 Å². The number of hydrogen-bond acceptors (Lipinski definition) is 3. The quantitative estimate of drug-likeness (QED) is 0.807. The average Bonchev–Trinajstić information content (AvgIpc) is 3.03. The smallest absolute Gasteiger partial charge is 0.127 e. The van der Waals surface area contributed by atoms with E-state index in [9.17, 15) is 0 Å². The van der Waals surface area contributed by atoms with Crippen LogP contribution in [0.4, 0.5) is 0 Å². The molecule has 0 aliphatic carbocycles. The van der Waals surface area contributed by atoms with Crippen LogP contribution in [0.25, 0.3) is 11.0 Å². The first-order chi connectivity index (χ1) is 9.25. The van der Waals surface area contributed by atoms with Gasteiger partial charge >= 0.3 is 0 Å². The molecule has 0 saturated carbocycles. The van der Waals surface area contributed by atoms with Gasteiger partial charge in [0.2, 0.25) is 0 Å². The Labute approximate surface area is 118 Å². The summed E-state index contributed by atoms with van der Waals surface area (Å²) in [5.74, 6) is 0.948. The monoisotopic (exact) mass is 278 g/mol. The van der Waals surface area contributed by atoms with E-state index in [2.05, 4.69) is 19.4 Å². The maximum atomic E-state index is 6.26. The molecular formula is C14H19ClN4. The molecule has 3 rings (SSSR count). The number of pyridine rings is 1. The minimum Gasteiger partial charge on any atom is -0.325 e. The topological polar surface area (TPSA) is 34.0 Å². The Morgan fingerprint density at radius 2 is 2.11 bits per heavy atom. The second kappa shape index (κ2) is 5.47. The van der Waals surface area contributed by atoms with Crippen molar-refractivity contribution in [2.45, 2.75) is 31.7 Å². The Balaban J connectivity index is 1.88. The highest BCUT2D eigenvalue weighted by Gasteiger charge is 2.17. The molecule has 0 N–H and O–H groups in total. The standard InChI is InChI=1S/C14H19ClN4/c1-11(15)14-17-12-10-16-5-4-13(12)19(14)9-8-18-6-2-3-7-18/h4-5,10-11H,2-3,6-9H2,1H3. The Morgan fingerprint density at radius 3 is 2.84 bits per heavy atom. The lowest BCUT2D eigenvalue weighted by Crippen LogP contribution is -2.24. The number of rotatable bonds is 4. The summed E-state index contributed by atoms with van der Waals surface area (Å²) in [6.45, 7) is 6.44. The summed E-state index contributed by atoms with van der Waals surface area (Å²) in [5.41, 5.74) is 2.07. The molecule has 19 heavy (non-hydrogen) atoms. The van der Waals surface area contributed by atoms with E-state index in [0.717, 1.165) is 29.9 Å². The molecule has 1 aliphatic heterocycles. The van der Waals surface area contributed by atoms with Crippen LogP contribution in [0.3, 0.4) is 0 Å². The van der Waals surface area contributed by atoms with Crippen LogP contribution in [0.15, 0.2) is 18.5 Å². The van der Waals surface area contributed by atoms with E-state index in [0.29, 0.717) is 0 Å². The third-order valence-corrected chi connectivity index (χ3v) is 3.97. The minimum atomic E-state index is -0.0778. The van der Waals surface area contributed by atoms with Gasteiger partial charge in [0, 0.05) is 19.3 Å². The Hall–Kier alpha value is -1.13. The van der Waals surface area contributed by atoms with E-state index in [-0.39, 0.29) is 5.38 Å². The fourth-order valence-corrected chi connectivity index (χ4v) is 2.95. The maximum Gasteiger partial charge on any atom is 0.127 e. The fourth-order valence-electron chi connectivity index (χ4n) is 2.79. The lowest BCUT2D eigenvalue weighted by molar-refractivity contribution is 0.322. The molecule has 2 aromatic heterocycles. The van der Waals surface area contributed by atoms with E-state index < -0.39 is 0 Å². The molecule has 2 aromatic rings. The van der Waals surface area contributed by atoms with Gasteiger partial charge in [0.1, 0.15) is 11.3 Å². The molecule has 0 spiro atoms. The Bertz CT molecular complexity index is 558. The van der Waals surface area contributed by atoms with Crippen molar-refractivity contribution < 1.29 is 0 Å². The molecule has 0 aromatic carbocycles. The zero-order chi connectivity index (χ0) is 13.2. The van der Waals surface area contributed by atoms with E-state index >= 15 is 0 Å². The first-order valence-electron chi connectivity index (χ1n) is 6.92. The Kier molecular flexibility index (Phi) is 3.71. The van der Waals surface area contributed by atoms with Crippen molar-refractivity contribution in [3.63, 3.8) is 0 Å².